The highest BCUT2D eigenvalue weighted by Crippen LogP contribution is 2.30. The number of hydrogen-bond donors (Lipinski definition) is 1. The average Bonchev–Trinajstić information content (AvgIpc) is 2.99. The van der Waals surface area contributed by atoms with E-state index in [1.165, 1.54) is 6.42 Å². The first-order valence-electron chi connectivity index (χ1n) is 15.2. The van der Waals surface area contributed by atoms with Crippen LogP contribution >= 0.6 is 15.9 Å². The Morgan fingerprint density at radius 3 is 2.43 bits per heavy atom. The van der Waals surface area contributed by atoms with Gasteiger partial charge in [-0.25, -0.2) is 4.79 Å². The Labute approximate surface area is 257 Å². The van der Waals surface area contributed by atoms with Crippen LogP contribution in [0.1, 0.15) is 48.0 Å². The molecule has 42 heavy (non-hydrogen) atoms. The van der Waals surface area contributed by atoms with Crippen molar-refractivity contribution in [2.75, 3.05) is 76.7 Å². The Hall–Kier alpha value is -2.95. The second-order valence-corrected chi connectivity index (χ2v) is 12.8. The van der Waals surface area contributed by atoms with E-state index in [2.05, 4.69) is 50.0 Å². The van der Waals surface area contributed by atoms with Crippen molar-refractivity contribution in [3.05, 3.63) is 58.1 Å². The molecule has 3 amide bonds. The van der Waals surface area contributed by atoms with E-state index in [0.29, 0.717) is 25.2 Å². The summed E-state index contributed by atoms with van der Waals surface area (Å²) in [7, 11) is 4.23. The number of fused-ring (bicyclic) bond motifs is 1. The van der Waals surface area contributed by atoms with Crippen LogP contribution in [0.3, 0.4) is 0 Å². The lowest BCUT2D eigenvalue weighted by atomic mass is 10.00. The molecule has 3 aliphatic heterocycles. The standard InChI is InChI=1S/C32H43BrN6O3/c1-35(2)14-5-15-36-18-20-37(21-19-36)29-9-8-24(22-27(29)33)30(40)10-11-31(41)38-16-12-26(13-17-38)39-23-25-6-3-4-7-28(25)34-32(39)42/h3-4,6-9,22,26H,5,10-21,23H2,1-2H3,(H,34,42). The fourth-order valence-corrected chi connectivity index (χ4v) is 6.86. The van der Waals surface area contributed by atoms with Crippen molar-refractivity contribution in [2.24, 2.45) is 0 Å². The van der Waals surface area contributed by atoms with Crippen molar-refractivity contribution in [3.63, 3.8) is 0 Å². The molecule has 0 spiro atoms. The van der Waals surface area contributed by atoms with Gasteiger partial charge in [0.15, 0.2) is 5.78 Å². The molecule has 2 aromatic carbocycles. The molecule has 3 aliphatic rings. The molecule has 2 saturated heterocycles. The molecule has 0 atom stereocenters. The lowest BCUT2D eigenvalue weighted by Gasteiger charge is -2.40. The molecule has 9 nitrogen and oxygen atoms in total. The number of nitrogens with zero attached hydrogens (tertiary/aromatic N) is 5. The molecule has 3 heterocycles. The molecule has 0 aliphatic carbocycles. The second-order valence-electron chi connectivity index (χ2n) is 11.9. The largest absolute Gasteiger partial charge is 0.368 e. The highest BCUT2D eigenvalue weighted by molar-refractivity contribution is 9.10. The number of piperazine rings is 1. The molecule has 1 N–H and O–H groups in total. The van der Waals surface area contributed by atoms with Crippen molar-refractivity contribution in [1.29, 1.82) is 0 Å². The number of likely N-dealkylation sites (tertiary alicyclic amines) is 1. The molecular formula is C32H43BrN6O3. The van der Waals surface area contributed by atoms with E-state index in [9.17, 15) is 14.4 Å². The van der Waals surface area contributed by atoms with E-state index in [1.807, 2.05) is 52.3 Å². The summed E-state index contributed by atoms with van der Waals surface area (Å²) in [5, 5.41) is 2.99. The molecule has 5 rings (SSSR count). The van der Waals surface area contributed by atoms with E-state index >= 15 is 0 Å². The summed E-state index contributed by atoms with van der Waals surface area (Å²) in [5.74, 6) is -0.00534. The van der Waals surface area contributed by atoms with Crippen molar-refractivity contribution in [3.8, 4) is 0 Å². The molecule has 2 aromatic rings. The summed E-state index contributed by atoms with van der Waals surface area (Å²) in [6.07, 6.45) is 3.07. The SMILES string of the molecule is CN(C)CCCN1CCN(c2ccc(C(=O)CCC(=O)N3CCC(N4Cc5ccccc5NC4=O)CC3)cc2Br)CC1. The highest BCUT2D eigenvalue weighted by Gasteiger charge is 2.32. The van der Waals surface area contributed by atoms with Crippen LogP contribution < -0.4 is 10.2 Å². The van der Waals surface area contributed by atoms with Crippen LogP contribution in [-0.2, 0) is 11.3 Å². The molecule has 0 unspecified atom stereocenters. The number of amides is 3. The quantitative estimate of drug-likeness (QED) is 0.386. The number of piperidine rings is 1. The molecule has 0 aromatic heterocycles. The van der Waals surface area contributed by atoms with Crippen LogP contribution in [0.4, 0.5) is 16.2 Å². The highest BCUT2D eigenvalue weighted by atomic mass is 79.9. The van der Waals surface area contributed by atoms with Crippen LogP contribution in [0.5, 0.6) is 0 Å². The van der Waals surface area contributed by atoms with E-state index in [0.717, 1.165) is 73.5 Å². The number of halogens is 1. The number of carbonyl (C=O) groups is 3. The summed E-state index contributed by atoms with van der Waals surface area (Å²) < 4.78 is 0.923. The van der Waals surface area contributed by atoms with Gasteiger partial charge in [-0.1, -0.05) is 18.2 Å². The second kappa shape index (κ2) is 14.0. The van der Waals surface area contributed by atoms with Gasteiger partial charge in [0.25, 0.3) is 0 Å². The molecule has 0 bridgehead atoms. The molecule has 226 valence electrons. The normalized spacial score (nSPS) is 18.3. The number of Topliss-reactive ketones (excluding diaryl/α,β-unsaturated/α-hetero) is 1. The lowest BCUT2D eigenvalue weighted by molar-refractivity contribution is -0.132. The summed E-state index contributed by atoms with van der Waals surface area (Å²) in [5.41, 5.74) is 3.74. The Balaban J connectivity index is 1.05. The smallest absolute Gasteiger partial charge is 0.322 e. The van der Waals surface area contributed by atoms with Crippen LogP contribution in [0.2, 0.25) is 0 Å². The van der Waals surface area contributed by atoms with Gasteiger partial charge in [-0.2, -0.15) is 0 Å². The van der Waals surface area contributed by atoms with E-state index in [4.69, 9.17) is 0 Å². The molecule has 2 fully saturated rings. The Bertz CT molecular complexity index is 1270. The Morgan fingerprint density at radius 1 is 0.976 bits per heavy atom. The zero-order chi connectivity index (χ0) is 29.6. The number of para-hydroxylation sites is 1. The predicted octanol–water partition coefficient (Wildman–Crippen LogP) is 4.52. The first-order valence-corrected chi connectivity index (χ1v) is 16.0. The van der Waals surface area contributed by atoms with Gasteiger partial charge in [0.05, 0.1) is 5.69 Å². The fraction of sp³-hybridized carbons (Fsp3) is 0.531. The lowest BCUT2D eigenvalue weighted by Crippen LogP contribution is -2.51. The maximum atomic E-state index is 13.0. The first kappa shape index (κ1) is 30.5. The van der Waals surface area contributed by atoms with Gasteiger partial charge in [-0.3, -0.25) is 14.5 Å². The van der Waals surface area contributed by atoms with Gasteiger partial charge >= 0.3 is 6.03 Å². The zero-order valence-electron chi connectivity index (χ0n) is 24.9. The predicted molar refractivity (Wildman–Crippen MR) is 170 cm³/mol. The number of nitrogens with one attached hydrogen (secondary N) is 1. The average molecular weight is 640 g/mol. The minimum absolute atomic E-state index is 0.00868. The molecule has 0 radical (unpaired) electrons. The van der Waals surface area contributed by atoms with Gasteiger partial charge < -0.3 is 24.9 Å². The summed E-state index contributed by atoms with van der Waals surface area (Å²) >= 11 is 3.70. The number of rotatable bonds is 10. The van der Waals surface area contributed by atoms with Gasteiger partial charge in [0.1, 0.15) is 0 Å². The van der Waals surface area contributed by atoms with Gasteiger partial charge in [0.2, 0.25) is 5.91 Å². The minimum Gasteiger partial charge on any atom is -0.368 e. The summed E-state index contributed by atoms with van der Waals surface area (Å²) in [6.45, 7) is 8.05. The van der Waals surface area contributed by atoms with Crippen molar-refractivity contribution in [1.82, 2.24) is 19.6 Å². The maximum absolute atomic E-state index is 13.0. The van der Waals surface area contributed by atoms with Crippen LogP contribution in [0, 0.1) is 0 Å². The van der Waals surface area contributed by atoms with Gasteiger partial charge in [-0.15, -0.1) is 0 Å². The number of urea groups is 1. The topological polar surface area (TPSA) is 79.4 Å². The van der Waals surface area contributed by atoms with Crippen molar-refractivity contribution in [2.45, 2.75) is 44.7 Å². The van der Waals surface area contributed by atoms with Crippen LogP contribution in [0.25, 0.3) is 0 Å². The third-order valence-electron chi connectivity index (χ3n) is 8.75. The van der Waals surface area contributed by atoms with E-state index in [1.54, 1.807) is 0 Å². The Morgan fingerprint density at radius 2 is 1.71 bits per heavy atom. The summed E-state index contributed by atoms with van der Waals surface area (Å²) in [6, 6.07) is 13.7. The van der Waals surface area contributed by atoms with Gasteiger partial charge in [0, 0.05) is 80.4 Å². The number of benzene rings is 2. The number of anilines is 2. The fourth-order valence-electron chi connectivity index (χ4n) is 6.23. The third-order valence-corrected chi connectivity index (χ3v) is 9.38. The van der Waals surface area contributed by atoms with Gasteiger partial charge in [-0.05, 0) is 92.2 Å². The number of ketones is 1. The monoisotopic (exact) mass is 638 g/mol. The van der Waals surface area contributed by atoms with Crippen LogP contribution in [0.15, 0.2) is 46.9 Å². The zero-order valence-corrected chi connectivity index (χ0v) is 26.4. The Kier molecular flexibility index (Phi) is 10.2. The minimum atomic E-state index is -0.0703. The third kappa shape index (κ3) is 7.51. The first-order chi connectivity index (χ1) is 20.3. The van der Waals surface area contributed by atoms with Crippen LogP contribution in [-0.4, -0.2) is 110 Å². The van der Waals surface area contributed by atoms with Crippen molar-refractivity contribution >= 4 is 45.0 Å². The molecular weight excluding hydrogens is 596 g/mol. The number of carbonyl (C=O) groups excluding carboxylic acids is 3. The number of hydrogen-bond acceptors (Lipinski definition) is 6. The molecule has 0 saturated carbocycles. The molecule has 10 heteroatoms. The van der Waals surface area contributed by atoms with E-state index < -0.39 is 0 Å². The van der Waals surface area contributed by atoms with E-state index in [-0.39, 0.29) is 36.6 Å². The maximum Gasteiger partial charge on any atom is 0.322 e. The van der Waals surface area contributed by atoms with Crippen molar-refractivity contribution < 1.29 is 14.4 Å². The summed E-state index contributed by atoms with van der Waals surface area (Å²) in [4.78, 5) is 49.5.